The van der Waals surface area contributed by atoms with Crippen LogP contribution in [0.25, 0.3) is 15.8 Å². The number of nitrogens with one attached hydrogen (secondary N) is 1. The van der Waals surface area contributed by atoms with Gasteiger partial charge in [0.25, 0.3) is 5.56 Å². The fourth-order valence-corrected chi connectivity index (χ4v) is 3.39. The third-order valence-electron chi connectivity index (χ3n) is 4.05. The van der Waals surface area contributed by atoms with Crippen molar-refractivity contribution < 1.29 is 9.53 Å². The monoisotopic (exact) mass is 387 g/mol. The molecule has 3 rings (SSSR count). The summed E-state index contributed by atoms with van der Waals surface area (Å²) >= 11 is 1.09. The number of ether oxygens (including phenoxy) is 1. The minimum Gasteiger partial charge on any atom is -0.378 e. The van der Waals surface area contributed by atoms with Crippen molar-refractivity contribution in [3.05, 3.63) is 53.3 Å². The molecule has 2 amide bonds. The summed E-state index contributed by atoms with van der Waals surface area (Å²) in [5.74, 6) is 0. The molecule has 8 nitrogen and oxygen atoms in total. The van der Waals surface area contributed by atoms with Crippen LogP contribution in [0.4, 0.5) is 4.79 Å². The summed E-state index contributed by atoms with van der Waals surface area (Å²) in [6, 6.07) is -0.224. The second-order valence-electron chi connectivity index (χ2n) is 5.88. The summed E-state index contributed by atoms with van der Waals surface area (Å²) in [6.45, 7) is 8.09. The zero-order valence-electron chi connectivity index (χ0n) is 15.1. The minimum absolute atomic E-state index is 0.0489. The molecule has 0 aromatic carbocycles. The number of fused-ring (bicyclic) bond motifs is 1. The smallest absolute Gasteiger partial charge is 0.318 e. The molecule has 0 spiro atoms. The van der Waals surface area contributed by atoms with Crippen LogP contribution in [0.1, 0.15) is 12.6 Å². The van der Waals surface area contributed by atoms with E-state index in [4.69, 9.17) is 4.74 Å². The molecule has 0 aliphatic carbocycles. The van der Waals surface area contributed by atoms with Crippen molar-refractivity contribution in [2.24, 2.45) is 0 Å². The van der Waals surface area contributed by atoms with E-state index in [1.807, 2.05) is 31.2 Å². The number of allylic oxidation sites excluding steroid dienone is 5. The quantitative estimate of drug-likeness (QED) is 0.793. The largest absolute Gasteiger partial charge is 0.378 e. The van der Waals surface area contributed by atoms with E-state index in [0.717, 1.165) is 11.5 Å². The van der Waals surface area contributed by atoms with Crippen LogP contribution in [0.3, 0.4) is 0 Å². The minimum atomic E-state index is -0.240. The van der Waals surface area contributed by atoms with Gasteiger partial charge in [-0.2, -0.15) is 4.37 Å². The molecular formula is C18H21N5O3S. The Bertz CT molecular complexity index is 954. The highest BCUT2D eigenvalue weighted by Gasteiger charge is 2.17. The number of hydrogen-bond donors (Lipinski definition) is 1. The Labute approximate surface area is 160 Å². The summed E-state index contributed by atoms with van der Waals surface area (Å²) in [5.41, 5.74) is 1.56. The highest BCUT2D eigenvalue weighted by atomic mass is 32.1. The third-order valence-corrected chi connectivity index (χ3v) is 4.88. The van der Waals surface area contributed by atoms with E-state index in [9.17, 15) is 9.59 Å². The Morgan fingerprint density at radius 3 is 2.93 bits per heavy atom. The van der Waals surface area contributed by atoms with Crippen molar-refractivity contribution in [1.29, 1.82) is 0 Å². The van der Waals surface area contributed by atoms with E-state index >= 15 is 0 Å². The number of morpholine rings is 1. The average molecular weight is 387 g/mol. The molecule has 0 bridgehead atoms. The van der Waals surface area contributed by atoms with Gasteiger partial charge >= 0.3 is 6.03 Å². The van der Waals surface area contributed by atoms with Gasteiger partial charge < -0.3 is 15.0 Å². The molecule has 2 aromatic heterocycles. The fraction of sp³-hybridized carbons (Fsp3) is 0.333. The van der Waals surface area contributed by atoms with Crippen LogP contribution in [0.2, 0.25) is 0 Å². The number of hydrogen-bond acceptors (Lipinski definition) is 6. The van der Waals surface area contributed by atoms with Crippen molar-refractivity contribution in [2.75, 3.05) is 26.3 Å². The molecular weight excluding hydrogens is 366 g/mol. The van der Waals surface area contributed by atoms with Gasteiger partial charge in [0, 0.05) is 13.1 Å². The molecule has 9 heteroatoms. The van der Waals surface area contributed by atoms with Gasteiger partial charge in [-0.25, -0.2) is 9.78 Å². The Balaban J connectivity index is 1.75. The Hall–Kier alpha value is -2.78. The molecule has 0 saturated carbocycles. The van der Waals surface area contributed by atoms with Crippen molar-refractivity contribution in [3.63, 3.8) is 0 Å². The van der Waals surface area contributed by atoms with Crippen molar-refractivity contribution in [2.45, 2.75) is 13.6 Å². The summed E-state index contributed by atoms with van der Waals surface area (Å²) < 4.78 is 11.4. The van der Waals surface area contributed by atoms with Crippen LogP contribution in [-0.4, -0.2) is 51.2 Å². The first-order valence-electron chi connectivity index (χ1n) is 8.55. The molecule has 1 fully saturated rings. The van der Waals surface area contributed by atoms with Crippen LogP contribution in [-0.2, 0) is 11.4 Å². The van der Waals surface area contributed by atoms with Gasteiger partial charge in [-0.3, -0.25) is 9.36 Å². The van der Waals surface area contributed by atoms with Gasteiger partial charge in [-0.05, 0) is 24.0 Å². The van der Waals surface area contributed by atoms with Crippen LogP contribution < -0.4 is 10.9 Å². The van der Waals surface area contributed by atoms with Crippen molar-refractivity contribution >= 4 is 33.4 Å². The molecule has 3 heterocycles. The first-order valence-corrected chi connectivity index (χ1v) is 9.33. The average Bonchev–Trinajstić information content (AvgIpc) is 3.13. The molecule has 0 unspecified atom stereocenters. The van der Waals surface area contributed by atoms with Crippen molar-refractivity contribution in [1.82, 2.24) is 24.1 Å². The van der Waals surface area contributed by atoms with Gasteiger partial charge in [0.15, 0.2) is 0 Å². The van der Waals surface area contributed by atoms with Crippen molar-refractivity contribution in [3.8, 4) is 0 Å². The van der Waals surface area contributed by atoms with Gasteiger partial charge in [0.1, 0.15) is 22.6 Å². The van der Waals surface area contributed by atoms with E-state index in [0.29, 0.717) is 47.8 Å². The summed E-state index contributed by atoms with van der Waals surface area (Å²) in [6.07, 6.45) is 8.90. The number of rotatable bonds is 5. The second kappa shape index (κ2) is 8.74. The molecule has 1 saturated heterocycles. The van der Waals surface area contributed by atoms with Crippen LogP contribution >= 0.6 is 11.5 Å². The Morgan fingerprint density at radius 1 is 1.41 bits per heavy atom. The SMILES string of the molecule is C=C(/C=C\C=C/C)c1nsc2c(=O)n(CNC(=O)N3CCOCC3)cnc12. The second-order valence-corrected chi connectivity index (χ2v) is 6.65. The predicted octanol–water partition coefficient (Wildman–Crippen LogP) is 2.00. The lowest BCUT2D eigenvalue weighted by molar-refractivity contribution is 0.0527. The summed E-state index contributed by atoms with van der Waals surface area (Å²) in [7, 11) is 0. The lowest BCUT2D eigenvalue weighted by atomic mass is 10.2. The zero-order valence-corrected chi connectivity index (χ0v) is 15.9. The number of carbonyl (C=O) groups excluding carboxylic acids is 1. The summed E-state index contributed by atoms with van der Waals surface area (Å²) in [5, 5.41) is 2.74. The predicted molar refractivity (Wildman–Crippen MR) is 106 cm³/mol. The Morgan fingerprint density at radius 2 is 2.19 bits per heavy atom. The van der Waals surface area contributed by atoms with E-state index in [2.05, 4.69) is 21.3 Å². The lowest BCUT2D eigenvalue weighted by Gasteiger charge is -2.26. The highest BCUT2D eigenvalue weighted by Crippen LogP contribution is 2.23. The molecule has 0 atom stereocenters. The maximum Gasteiger partial charge on any atom is 0.318 e. The number of nitrogens with zero attached hydrogens (tertiary/aromatic N) is 4. The first kappa shape index (κ1) is 19.0. The van der Waals surface area contributed by atoms with E-state index in [1.54, 1.807) is 4.90 Å². The van der Waals surface area contributed by atoms with E-state index in [-0.39, 0.29) is 18.3 Å². The number of aromatic nitrogens is 3. The van der Waals surface area contributed by atoms with Crippen LogP contribution in [0.15, 0.2) is 42.0 Å². The van der Waals surface area contributed by atoms with Crippen LogP contribution in [0, 0.1) is 0 Å². The standard InChI is InChI=1S/C18H21N5O3S/c1-3-4-5-6-13(2)14-15-16(27-21-14)17(24)23(11-19-15)12-20-18(25)22-7-9-26-10-8-22/h3-6,11H,2,7-10,12H2,1H3,(H,20,25)/b4-3-,6-5-. The number of amides is 2. The Kier molecular flexibility index (Phi) is 6.15. The topological polar surface area (TPSA) is 89.4 Å². The maximum atomic E-state index is 12.7. The normalized spacial score (nSPS) is 15.1. The number of carbonyl (C=O) groups is 1. The zero-order chi connectivity index (χ0) is 19.2. The van der Waals surface area contributed by atoms with Gasteiger partial charge in [-0.1, -0.05) is 30.9 Å². The lowest BCUT2D eigenvalue weighted by Crippen LogP contribution is -2.47. The maximum absolute atomic E-state index is 12.7. The highest BCUT2D eigenvalue weighted by molar-refractivity contribution is 7.13. The molecule has 0 radical (unpaired) electrons. The van der Waals surface area contributed by atoms with Gasteiger partial charge in [0.05, 0.1) is 19.5 Å². The van der Waals surface area contributed by atoms with Gasteiger partial charge in [-0.15, -0.1) is 0 Å². The number of urea groups is 1. The van der Waals surface area contributed by atoms with E-state index < -0.39 is 0 Å². The molecule has 1 N–H and O–H groups in total. The first-order chi connectivity index (χ1) is 13.1. The third kappa shape index (κ3) is 4.32. The summed E-state index contributed by atoms with van der Waals surface area (Å²) in [4.78, 5) is 30.8. The van der Waals surface area contributed by atoms with Crippen LogP contribution in [0.5, 0.6) is 0 Å². The molecule has 1 aliphatic heterocycles. The fourth-order valence-electron chi connectivity index (χ4n) is 2.57. The molecule has 27 heavy (non-hydrogen) atoms. The molecule has 2 aromatic rings. The van der Waals surface area contributed by atoms with E-state index in [1.165, 1.54) is 10.9 Å². The molecule has 1 aliphatic rings. The molecule has 142 valence electrons. The van der Waals surface area contributed by atoms with Gasteiger partial charge in [0.2, 0.25) is 0 Å².